The fourth-order valence-corrected chi connectivity index (χ4v) is 2.12. The Hall–Kier alpha value is -1.72. The summed E-state index contributed by atoms with van der Waals surface area (Å²) in [5, 5.41) is 0. The molecule has 1 aromatic rings. The number of fused-ring (bicyclic) bond motifs is 1. The fourth-order valence-electron chi connectivity index (χ4n) is 2.12. The highest BCUT2D eigenvalue weighted by atomic mass is 16.7. The van der Waals surface area contributed by atoms with Crippen LogP contribution in [-0.4, -0.2) is 37.7 Å². The van der Waals surface area contributed by atoms with Crippen molar-refractivity contribution in [3.63, 3.8) is 0 Å². The van der Waals surface area contributed by atoms with Gasteiger partial charge in [-0.2, -0.15) is 0 Å². The van der Waals surface area contributed by atoms with Gasteiger partial charge >= 0.3 is 0 Å². The minimum Gasteiger partial charge on any atom is -0.492 e. The van der Waals surface area contributed by atoms with Gasteiger partial charge in [-0.05, 0) is 26.0 Å². The molecule has 0 saturated carbocycles. The van der Waals surface area contributed by atoms with Crippen molar-refractivity contribution in [1.82, 2.24) is 0 Å². The largest absolute Gasteiger partial charge is 0.492 e. The summed E-state index contributed by atoms with van der Waals surface area (Å²) in [7, 11) is 0. The first kappa shape index (κ1) is 14.7. The molecule has 2 rings (SSSR count). The maximum Gasteiger partial charge on any atom is 0.218 e. The minimum atomic E-state index is -1.01. The third-order valence-corrected chi connectivity index (χ3v) is 3.09. The zero-order valence-electron chi connectivity index (χ0n) is 11.6. The number of ketones is 2. The number of ether oxygens (including phenoxy) is 3. The number of carbonyl (C=O) groups excluding carboxylic acids is 2. The van der Waals surface area contributed by atoms with Crippen LogP contribution in [0.4, 0.5) is 0 Å². The van der Waals surface area contributed by atoms with E-state index in [4.69, 9.17) is 14.2 Å². The second-order valence-corrected chi connectivity index (χ2v) is 4.37. The summed E-state index contributed by atoms with van der Waals surface area (Å²) in [6.07, 6.45) is -1.01. The van der Waals surface area contributed by atoms with Gasteiger partial charge in [-0.25, -0.2) is 0 Å². The van der Waals surface area contributed by atoms with Gasteiger partial charge in [-0.3, -0.25) is 9.59 Å². The zero-order chi connectivity index (χ0) is 14.5. The lowest BCUT2D eigenvalue weighted by Crippen LogP contribution is -2.42. The maximum atomic E-state index is 12.4. The van der Waals surface area contributed by atoms with E-state index in [0.717, 1.165) is 0 Å². The molecule has 1 aromatic carbocycles. The van der Waals surface area contributed by atoms with Gasteiger partial charge in [0.05, 0.1) is 5.56 Å². The van der Waals surface area contributed by atoms with Crippen LogP contribution in [0.2, 0.25) is 0 Å². The van der Waals surface area contributed by atoms with E-state index >= 15 is 0 Å². The monoisotopic (exact) mass is 278 g/mol. The number of rotatable bonds is 6. The molecule has 0 bridgehead atoms. The minimum absolute atomic E-state index is 0.0331. The van der Waals surface area contributed by atoms with Crippen molar-refractivity contribution < 1.29 is 23.8 Å². The standard InChI is InChI=1S/C15H18O5/c1-3-18-15(19-4-2)14(17)11-9-20-12-8-6-5-7-10(12)13(11)16/h5-8,11,15H,3-4,9H2,1-2H3. The van der Waals surface area contributed by atoms with Gasteiger partial charge in [0, 0.05) is 13.2 Å². The summed E-state index contributed by atoms with van der Waals surface area (Å²) in [5.41, 5.74) is 0.434. The van der Waals surface area contributed by atoms with Crippen molar-refractivity contribution in [3.05, 3.63) is 29.8 Å². The summed E-state index contributed by atoms with van der Waals surface area (Å²) >= 11 is 0. The molecule has 0 amide bonds. The van der Waals surface area contributed by atoms with Crippen molar-refractivity contribution in [1.29, 1.82) is 0 Å². The molecule has 0 saturated heterocycles. The van der Waals surface area contributed by atoms with Crippen LogP contribution in [0.5, 0.6) is 5.75 Å². The first-order valence-electron chi connectivity index (χ1n) is 6.72. The molecule has 1 aliphatic heterocycles. The summed E-state index contributed by atoms with van der Waals surface area (Å²) in [4.78, 5) is 24.7. The Morgan fingerprint density at radius 3 is 2.60 bits per heavy atom. The second-order valence-electron chi connectivity index (χ2n) is 4.37. The fraction of sp³-hybridized carbons (Fsp3) is 0.467. The van der Waals surface area contributed by atoms with Crippen molar-refractivity contribution >= 4 is 11.6 Å². The molecule has 1 unspecified atom stereocenters. The molecule has 0 N–H and O–H groups in total. The predicted molar refractivity (Wildman–Crippen MR) is 71.8 cm³/mol. The molecule has 20 heavy (non-hydrogen) atoms. The molecule has 0 aromatic heterocycles. The molecule has 0 radical (unpaired) electrons. The normalized spacial score (nSPS) is 17.8. The summed E-state index contributed by atoms with van der Waals surface area (Å²) in [5.74, 6) is -0.964. The molecule has 1 atom stereocenters. The molecule has 1 aliphatic rings. The van der Waals surface area contributed by atoms with Gasteiger partial charge in [0.2, 0.25) is 12.1 Å². The molecule has 0 fully saturated rings. The lowest BCUT2D eigenvalue weighted by Gasteiger charge is -2.26. The quantitative estimate of drug-likeness (QED) is 0.587. The topological polar surface area (TPSA) is 61.8 Å². The van der Waals surface area contributed by atoms with Gasteiger partial charge in [0.1, 0.15) is 18.3 Å². The Kier molecular flexibility index (Phi) is 4.87. The Labute approximate surface area is 117 Å². The Bertz CT molecular complexity index is 491. The molecule has 1 heterocycles. The molecule has 0 aliphatic carbocycles. The van der Waals surface area contributed by atoms with E-state index < -0.39 is 12.2 Å². The van der Waals surface area contributed by atoms with Crippen LogP contribution in [0.25, 0.3) is 0 Å². The molecule has 5 heteroatoms. The van der Waals surface area contributed by atoms with Crippen LogP contribution < -0.4 is 4.74 Å². The first-order chi connectivity index (χ1) is 9.69. The van der Waals surface area contributed by atoms with Gasteiger partial charge in [-0.15, -0.1) is 0 Å². The summed E-state index contributed by atoms with van der Waals surface area (Å²) < 4.78 is 16.0. The smallest absolute Gasteiger partial charge is 0.218 e. The predicted octanol–water partition coefficient (Wildman–Crippen LogP) is 1.85. The lowest BCUT2D eigenvalue weighted by atomic mass is 9.91. The van der Waals surface area contributed by atoms with E-state index in [-0.39, 0.29) is 18.2 Å². The average molecular weight is 278 g/mol. The highest BCUT2D eigenvalue weighted by Crippen LogP contribution is 2.28. The van der Waals surface area contributed by atoms with E-state index in [0.29, 0.717) is 24.5 Å². The summed E-state index contributed by atoms with van der Waals surface area (Å²) in [6.45, 7) is 4.26. The first-order valence-corrected chi connectivity index (χ1v) is 6.72. The van der Waals surface area contributed by atoms with Crippen LogP contribution in [-0.2, 0) is 14.3 Å². The van der Waals surface area contributed by atoms with Gasteiger partial charge < -0.3 is 14.2 Å². The number of hydrogen-bond donors (Lipinski definition) is 0. The van der Waals surface area contributed by atoms with E-state index in [1.165, 1.54) is 0 Å². The van der Waals surface area contributed by atoms with Crippen molar-refractivity contribution in [3.8, 4) is 5.75 Å². The van der Waals surface area contributed by atoms with Crippen molar-refractivity contribution in [2.75, 3.05) is 19.8 Å². The van der Waals surface area contributed by atoms with Gasteiger partial charge in [0.15, 0.2) is 5.78 Å². The number of benzene rings is 1. The van der Waals surface area contributed by atoms with E-state index in [2.05, 4.69) is 0 Å². The van der Waals surface area contributed by atoms with Gasteiger partial charge in [-0.1, -0.05) is 12.1 Å². The van der Waals surface area contributed by atoms with Crippen LogP contribution in [0, 0.1) is 5.92 Å². The Balaban J connectivity index is 2.17. The number of para-hydroxylation sites is 1. The Morgan fingerprint density at radius 2 is 1.95 bits per heavy atom. The highest BCUT2D eigenvalue weighted by Gasteiger charge is 2.38. The number of carbonyl (C=O) groups is 2. The molecule has 5 nitrogen and oxygen atoms in total. The lowest BCUT2D eigenvalue weighted by molar-refractivity contribution is -0.171. The molecule has 108 valence electrons. The summed E-state index contributed by atoms with van der Waals surface area (Å²) in [6, 6.07) is 6.91. The third kappa shape index (κ3) is 2.89. The van der Waals surface area contributed by atoms with E-state index in [1.54, 1.807) is 38.1 Å². The average Bonchev–Trinajstić information content (AvgIpc) is 2.47. The van der Waals surface area contributed by atoms with Crippen LogP contribution in [0.3, 0.4) is 0 Å². The van der Waals surface area contributed by atoms with E-state index in [9.17, 15) is 9.59 Å². The third-order valence-electron chi connectivity index (χ3n) is 3.09. The molecular weight excluding hydrogens is 260 g/mol. The highest BCUT2D eigenvalue weighted by molar-refractivity contribution is 6.13. The molecule has 0 spiro atoms. The van der Waals surface area contributed by atoms with E-state index in [1.807, 2.05) is 0 Å². The van der Waals surface area contributed by atoms with Crippen molar-refractivity contribution in [2.24, 2.45) is 5.92 Å². The van der Waals surface area contributed by atoms with Crippen molar-refractivity contribution in [2.45, 2.75) is 20.1 Å². The van der Waals surface area contributed by atoms with Crippen LogP contribution in [0.1, 0.15) is 24.2 Å². The molecular formula is C15H18O5. The number of hydrogen-bond acceptors (Lipinski definition) is 5. The van der Waals surface area contributed by atoms with Crippen LogP contribution >= 0.6 is 0 Å². The maximum absolute atomic E-state index is 12.4. The Morgan fingerprint density at radius 1 is 1.30 bits per heavy atom. The van der Waals surface area contributed by atoms with Crippen LogP contribution in [0.15, 0.2) is 24.3 Å². The SMILES string of the molecule is CCOC(OCC)C(=O)C1COc2ccccc2C1=O. The number of Topliss-reactive ketones (excluding diaryl/α,β-unsaturated/α-hetero) is 2. The van der Waals surface area contributed by atoms with Gasteiger partial charge in [0.25, 0.3) is 0 Å². The zero-order valence-corrected chi connectivity index (χ0v) is 11.6. The second kappa shape index (κ2) is 6.63.